The molecule has 4 rings (SSSR count). The molecule has 0 atom stereocenters. The fourth-order valence-electron chi connectivity index (χ4n) is 3.56. The third-order valence-corrected chi connectivity index (χ3v) is 5.36. The summed E-state index contributed by atoms with van der Waals surface area (Å²) in [4.78, 5) is 29.9. The van der Waals surface area contributed by atoms with Crippen LogP contribution in [0.15, 0.2) is 65.6 Å². The predicted octanol–water partition coefficient (Wildman–Crippen LogP) is 4.76. The molecule has 0 amide bonds. The number of pyridine rings is 1. The van der Waals surface area contributed by atoms with E-state index in [9.17, 15) is 9.59 Å². The van der Waals surface area contributed by atoms with Gasteiger partial charge in [0.05, 0.1) is 30.5 Å². The Balaban J connectivity index is 1.99. The number of nitrogens with zero attached hydrogens (tertiary/aromatic N) is 2. The monoisotopic (exact) mass is 464 g/mol. The van der Waals surface area contributed by atoms with Gasteiger partial charge in [0, 0.05) is 18.7 Å². The maximum absolute atomic E-state index is 13.7. The van der Waals surface area contributed by atoms with Crippen molar-refractivity contribution in [2.24, 2.45) is 0 Å². The average molecular weight is 465 g/mol. The SMILES string of the molecule is COc1ccc(-c2c(COC(C)=O)nc3c(-c4ccc(OC)cc4)cc(Cl)cn3c2=O)cc1. The molecule has 0 fully saturated rings. The minimum atomic E-state index is -0.468. The minimum absolute atomic E-state index is 0.146. The molecule has 0 unspecified atom stereocenters. The van der Waals surface area contributed by atoms with Crippen LogP contribution in [0.4, 0.5) is 0 Å². The van der Waals surface area contributed by atoms with E-state index in [1.54, 1.807) is 44.6 Å². The molecule has 0 bridgehead atoms. The Bertz CT molecular complexity index is 1380. The van der Waals surface area contributed by atoms with Crippen molar-refractivity contribution in [1.82, 2.24) is 9.38 Å². The number of carbonyl (C=O) groups excluding carboxylic acids is 1. The highest BCUT2D eigenvalue weighted by Gasteiger charge is 2.19. The molecule has 0 aliphatic heterocycles. The first-order valence-corrected chi connectivity index (χ1v) is 10.5. The average Bonchev–Trinajstić information content (AvgIpc) is 2.83. The molecule has 0 N–H and O–H groups in total. The number of carbonyl (C=O) groups is 1. The molecule has 0 spiro atoms. The van der Waals surface area contributed by atoms with Gasteiger partial charge in [0.2, 0.25) is 0 Å². The van der Waals surface area contributed by atoms with E-state index in [0.29, 0.717) is 44.6 Å². The lowest BCUT2D eigenvalue weighted by Crippen LogP contribution is -2.21. The molecule has 8 heteroatoms. The second kappa shape index (κ2) is 9.34. The Hall–Kier alpha value is -3.84. The molecule has 0 saturated heterocycles. The van der Waals surface area contributed by atoms with Crippen LogP contribution in [0.5, 0.6) is 11.5 Å². The largest absolute Gasteiger partial charge is 0.497 e. The predicted molar refractivity (Wildman–Crippen MR) is 126 cm³/mol. The first kappa shape index (κ1) is 22.4. The molecule has 7 nitrogen and oxygen atoms in total. The third kappa shape index (κ3) is 4.54. The molecule has 0 saturated carbocycles. The first-order valence-electron chi connectivity index (χ1n) is 10.1. The number of benzene rings is 2. The summed E-state index contributed by atoms with van der Waals surface area (Å²) < 4.78 is 17.1. The van der Waals surface area contributed by atoms with Crippen LogP contribution < -0.4 is 15.0 Å². The van der Waals surface area contributed by atoms with Gasteiger partial charge in [-0.15, -0.1) is 0 Å². The normalized spacial score (nSPS) is 10.8. The van der Waals surface area contributed by atoms with Crippen LogP contribution in [0.1, 0.15) is 12.6 Å². The summed E-state index contributed by atoms with van der Waals surface area (Å²) in [6, 6.07) is 16.1. The van der Waals surface area contributed by atoms with Crippen molar-refractivity contribution in [2.75, 3.05) is 14.2 Å². The van der Waals surface area contributed by atoms with Gasteiger partial charge in [0.25, 0.3) is 5.56 Å². The number of rotatable bonds is 6. The van der Waals surface area contributed by atoms with Crippen molar-refractivity contribution in [3.63, 3.8) is 0 Å². The Labute approximate surface area is 195 Å². The molecular weight excluding hydrogens is 444 g/mol. The van der Waals surface area contributed by atoms with Crippen molar-refractivity contribution in [2.45, 2.75) is 13.5 Å². The molecule has 2 aromatic heterocycles. The number of fused-ring (bicyclic) bond motifs is 1. The number of aromatic nitrogens is 2. The summed E-state index contributed by atoms with van der Waals surface area (Å²) >= 11 is 6.39. The topological polar surface area (TPSA) is 79.1 Å². The second-order valence-electron chi connectivity index (χ2n) is 7.24. The van der Waals surface area contributed by atoms with Crippen LogP contribution >= 0.6 is 11.6 Å². The number of halogens is 1. The Morgan fingerprint density at radius 1 is 0.970 bits per heavy atom. The lowest BCUT2D eigenvalue weighted by molar-refractivity contribution is -0.142. The van der Waals surface area contributed by atoms with E-state index < -0.39 is 5.97 Å². The number of hydrogen-bond acceptors (Lipinski definition) is 6. The van der Waals surface area contributed by atoms with Gasteiger partial charge >= 0.3 is 5.97 Å². The smallest absolute Gasteiger partial charge is 0.303 e. The van der Waals surface area contributed by atoms with Gasteiger partial charge in [0.1, 0.15) is 23.8 Å². The van der Waals surface area contributed by atoms with E-state index in [1.165, 1.54) is 17.5 Å². The molecule has 2 heterocycles. The van der Waals surface area contributed by atoms with Gasteiger partial charge in [-0.3, -0.25) is 14.0 Å². The van der Waals surface area contributed by atoms with Gasteiger partial charge in [0.15, 0.2) is 0 Å². The molecule has 2 aromatic carbocycles. The van der Waals surface area contributed by atoms with Gasteiger partial charge in [-0.05, 0) is 41.5 Å². The van der Waals surface area contributed by atoms with Crippen LogP contribution in [0.25, 0.3) is 27.9 Å². The number of esters is 1. The number of methoxy groups -OCH3 is 2. The van der Waals surface area contributed by atoms with Gasteiger partial charge in [-0.2, -0.15) is 0 Å². The zero-order valence-electron chi connectivity index (χ0n) is 18.3. The summed E-state index contributed by atoms with van der Waals surface area (Å²) in [5.41, 5.74) is 2.82. The summed E-state index contributed by atoms with van der Waals surface area (Å²) in [6.45, 7) is 1.16. The van der Waals surface area contributed by atoms with Crippen molar-refractivity contribution in [3.8, 4) is 33.8 Å². The van der Waals surface area contributed by atoms with E-state index in [2.05, 4.69) is 0 Å². The quantitative estimate of drug-likeness (QED) is 0.383. The lowest BCUT2D eigenvalue weighted by atomic mass is 10.0. The van der Waals surface area contributed by atoms with Gasteiger partial charge in [-0.1, -0.05) is 35.9 Å². The summed E-state index contributed by atoms with van der Waals surface area (Å²) in [7, 11) is 3.16. The highest BCUT2D eigenvalue weighted by atomic mass is 35.5. The van der Waals surface area contributed by atoms with E-state index in [0.717, 1.165) is 5.56 Å². The lowest BCUT2D eigenvalue weighted by Gasteiger charge is -2.15. The molecule has 0 aliphatic rings. The number of hydrogen-bond donors (Lipinski definition) is 0. The fourth-order valence-corrected chi connectivity index (χ4v) is 3.76. The molecule has 4 aromatic rings. The Kier molecular flexibility index (Phi) is 6.33. The fraction of sp³-hybridized carbons (Fsp3) is 0.160. The second-order valence-corrected chi connectivity index (χ2v) is 7.68. The van der Waals surface area contributed by atoms with Crippen LogP contribution in [0.2, 0.25) is 5.02 Å². The third-order valence-electron chi connectivity index (χ3n) is 5.16. The van der Waals surface area contributed by atoms with Crippen LogP contribution in [0, 0.1) is 0 Å². The summed E-state index contributed by atoms with van der Waals surface area (Å²) in [5, 5.41) is 0.380. The molecular formula is C25H21ClN2O5. The maximum atomic E-state index is 13.7. The highest BCUT2D eigenvalue weighted by molar-refractivity contribution is 6.30. The summed E-state index contributed by atoms with van der Waals surface area (Å²) in [5.74, 6) is 0.885. The van der Waals surface area contributed by atoms with E-state index >= 15 is 0 Å². The Morgan fingerprint density at radius 3 is 2.09 bits per heavy atom. The van der Waals surface area contributed by atoms with E-state index in [1.807, 2.05) is 24.3 Å². The van der Waals surface area contributed by atoms with Crippen molar-refractivity contribution >= 4 is 23.2 Å². The number of ether oxygens (including phenoxy) is 3. The zero-order valence-corrected chi connectivity index (χ0v) is 19.1. The standard InChI is InChI=1S/C25H21ClN2O5/c1-15(29)33-14-22-23(17-6-10-20(32-3)11-7-17)25(30)28-13-18(26)12-21(24(28)27-22)16-4-8-19(31-2)9-5-16/h4-13H,14H2,1-3H3. The van der Waals surface area contributed by atoms with Crippen molar-refractivity contribution < 1.29 is 19.0 Å². The molecule has 0 radical (unpaired) electrons. The van der Waals surface area contributed by atoms with Crippen LogP contribution in [-0.2, 0) is 16.1 Å². The maximum Gasteiger partial charge on any atom is 0.303 e. The molecule has 0 aliphatic carbocycles. The molecule has 33 heavy (non-hydrogen) atoms. The van der Waals surface area contributed by atoms with Crippen LogP contribution in [0.3, 0.4) is 0 Å². The first-order chi connectivity index (χ1) is 15.9. The summed E-state index contributed by atoms with van der Waals surface area (Å²) in [6.07, 6.45) is 1.53. The van der Waals surface area contributed by atoms with Crippen molar-refractivity contribution in [1.29, 1.82) is 0 Å². The highest BCUT2D eigenvalue weighted by Crippen LogP contribution is 2.30. The molecule has 168 valence electrons. The van der Waals surface area contributed by atoms with Crippen LogP contribution in [-0.4, -0.2) is 29.6 Å². The van der Waals surface area contributed by atoms with E-state index in [-0.39, 0.29) is 12.2 Å². The van der Waals surface area contributed by atoms with Gasteiger partial charge < -0.3 is 14.2 Å². The van der Waals surface area contributed by atoms with Crippen molar-refractivity contribution in [3.05, 3.63) is 81.9 Å². The van der Waals surface area contributed by atoms with Gasteiger partial charge in [-0.25, -0.2) is 4.98 Å². The Morgan fingerprint density at radius 2 is 1.55 bits per heavy atom. The van der Waals surface area contributed by atoms with E-state index in [4.69, 9.17) is 30.8 Å². The zero-order chi connectivity index (χ0) is 23.5. The minimum Gasteiger partial charge on any atom is -0.497 e.